The van der Waals surface area contributed by atoms with E-state index in [1.54, 1.807) is 0 Å². The second-order valence-corrected chi connectivity index (χ2v) is 9.06. The lowest BCUT2D eigenvalue weighted by molar-refractivity contribution is -0.124. The van der Waals surface area contributed by atoms with Gasteiger partial charge < -0.3 is 9.73 Å². The van der Waals surface area contributed by atoms with Gasteiger partial charge in [-0.15, -0.1) is 10.2 Å². The van der Waals surface area contributed by atoms with Crippen LogP contribution in [-0.4, -0.2) is 45.9 Å². The number of thioether (sulfide) groups is 1. The van der Waals surface area contributed by atoms with E-state index in [0.29, 0.717) is 18.3 Å². The molecule has 0 aromatic carbocycles. The van der Waals surface area contributed by atoms with Crippen LogP contribution < -0.4 is 5.32 Å². The maximum Gasteiger partial charge on any atom is 0.324 e. The van der Waals surface area contributed by atoms with Crippen LogP contribution >= 0.6 is 11.8 Å². The molecule has 25 heavy (non-hydrogen) atoms. The summed E-state index contributed by atoms with van der Waals surface area (Å²) < 4.78 is 5.98. The molecule has 1 aromatic rings. The molecule has 1 aromatic heterocycles. The molecule has 0 unspecified atom stereocenters. The minimum absolute atomic E-state index is 0.0827. The maximum atomic E-state index is 12.1. The quantitative estimate of drug-likeness (QED) is 0.826. The fourth-order valence-electron chi connectivity index (χ4n) is 5.77. The molecule has 7 nitrogen and oxygen atoms in total. The number of aromatic nitrogens is 2. The molecule has 5 aliphatic rings. The van der Waals surface area contributed by atoms with Crippen molar-refractivity contribution in [2.45, 2.75) is 49.2 Å². The highest BCUT2D eigenvalue weighted by atomic mass is 32.2. The van der Waals surface area contributed by atoms with Crippen LogP contribution in [0.15, 0.2) is 9.64 Å². The number of amides is 3. The van der Waals surface area contributed by atoms with Crippen LogP contribution in [0.4, 0.5) is 4.79 Å². The van der Waals surface area contributed by atoms with Crippen molar-refractivity contribution in [2.24, 2.45) is 17.8 Å². The molecule has 0 atom stereocenters. The summed E-state index contributed by atoms with van der Waals surface area (Å²) in [6, 6.07) is -0.314. The smallest absolute Gasteiger partial charge is 0.324 e. The molecular weight excluding hydrogens is 340 g/mol. The molecule has 5 fully saturated rings. The fraction of sp³-hybridized carbons (Fsp3) is 0.765. The van der Waals surface area contributed by atoms with Gasteiger partial charge in [0.15, 0.2) is 0 Å². The summed E-state index contributed by atoms with van der Waals surface area (Å²) in [7, 11) is 0. The first-order chi connectivity index (χ1) is 12.1. The summed E-state index contributed by atoms with van der Waals surface area (Å²) in [6.45, 7) is 0.951. The minimum atomic E-state index is -0.314. The predicted octanol–water partition coefficient (Wildman–Crippen LogP) is 2.18. The molecule has 4 aliphatic carbocycles. The lowest BCUT2D eigenvalue weighted by Crippen LogP contribution is -2.48. The number of nitrogens with one attached hydrogen (secondary N) is 1. The van der Waals surface area contributed by atoms with E-state index in [1.807, 2.05) is 0 Å². The van der Waals surface area contributed by atoms with Gasteiger partial charge in [0.25, 0.3) is 5.22 Å². The molecular formula is C17H22N4O3S. The Hall–Kier alpha value is -1.57. The van der Waals surface area contributed by atoms with Crippen LogP contribution in [0.2, 0.25) is 0 Å². The zero-order valence-electron chi connectivity index (χ0n) is 14.1. The normalized spacial score (nSPS) is 36.1. The summed E-state index contributed by atoms with van der Waals surface area (Å²) in [5.74, 6) is 3.18. The third kappa shape index (κ3) is 2.65. The zero-order valence-corrected chi connectivity index (χ0v) is 14.9. The molecule has 4 saturated carbocycles. The molecule has 4 bridgehead atoms. The van der Waals surface area contributed by atoms with Gasteiger partial charge in [-0.25, -0.2) is 4.79 Å². The Balaban J connectivity index is 1.26. The third-order valence-electron chi connectivity index (χ3n) is 6.38. The molecule has 1 N–H and O–H groups in total. The van der Waals surface area contributed by atoms with Crippen molar-refractivity contribution in [2.75, 3.05) is 18.8 Å². The summed E-state index contributed by atoms with van der Waals surface area (Å²) in [5, 5.41) is 11.6. The van der Waals surface area contributed by atoms with E-state index in [1.165, 1.54) is 55.2 Å². The summed E-state index contributed by atoms with van der Waals surface area (Å²) in [5.41, 5.74) is 0.0827. The van der Waals surface area contributed by atoms with Crippen LogP contribution in [0.1, 0.15) is 44.4 Å². The highest BCUT2D eigenvalue weighted by Gasteiger charge is 2.54. The summed E-state index contributed by atoms with van der Waals surface area (Å²) in [6.07, 6.45) is 7.67. The number of imide groups is 1. The van der Waals surface area contributed by atoms with Gasteiger partial charge in [0, 0.05) is 18.5 Å². The van der Waals surface area contributed by atoms with Gasteiger partial charge in [-0.1, -0.05) is 11.8 Å². The zero-order chi connectivity index (χ0) is 17.0. The van der Waals surface area contributed by atoms with Gasteiger partial charge in [0.05, 0.1) is 5.75 Å². The average molecular weight is 362 g/mol. The summed E-state index contributed by atoms with van der Waals surface area (Å²) in [4.78, 5) is 24.9. The number of hydrogen-bond acceptors (Lipinski definition) is 6. The van der Waals surface area contributed by atoms with E-state index < -0.39 is 0 Å². The van der Waals surface area contributed by atoms with E-state index >= 15 is 0 Å². The number of urea groups is 1. The summed E-state index contributed by atoms with van der Waals surface area (Å²) >= 11 is 1.23. The number of nitrogens with zero attached hydrogens (tertiary/aromatic N) is 3. The monoisotopic (exact) mass is 362 g/mol. The average Bonchev–Trinajstić information content (AvgIpc) is 3.20. The Morgan fingerprint density at radius 1 is 1.20 bits per heavy atom. The Morgan fingerprint density at radius 2 is 1.88 bits per heavy atom. The van der Waals surface area contributed by atoms with E-state index in [0.717, 1.165) is 23.6 Å². The van der Waals surface area contributed by atoms with E-state index in [9.17, 15) is 9.59 Å². The lowest BCUT2D eigenvalue weighted by atomic mass is 9.49. The maximum absolute atomic E-state index is 12.1. The first kappa shape index (κ1) is 15.7. The van der Waals surface area contributed by atoms with Crippen LogP contribution in [0.5, 0.6) is 0 Å². The molecule has 0 radical (unpaired) electrons. The molecule has 8 heteroatoms. The van der Waals surface area contributed by atoms with Gasteiger partial charge in [-0.05, 0) is 56.3 Å². The molecule has 2 heterocycles. The largest absolute Gasteiger partial charge is 0.415 e. The Labute approximate surface area is 150 Å². The van der Waals surface area contributed by atoms with E-state index in [-0.39, 0.29) is 23.1 Å². The Kier molecular flexibility index (Phi) is 3.59. The number of rotatable bonds is 4. The highest BCUT2D eigenvalue weighted by Crippen LogP contribution is 2.60. The number of hydrogen-bond donors (Lipinski definition) is 1. The minimum Gasteiger partial charge on any atom is -0.415 e. The SMILES string of the molecule is O=C(CSc1nnc(C23CC4CC(CC(C4)C2)C3)o1)N1CCNC1=O. The van der Waals surface area contributed by atoms with Crippen molar-refractivity contribution in [3.05, 3.63) is 5.89 Å². The van der Waals surface area contributed by atoms with Crippen molar-refractivity contribution in [1.82, 2.24) is 20.4 Å². The van der Waals surface area contributed by atoms with Crippen LogP contribution in [-0.2, 0) is 10.2 Å². The molecule has 1 aliphatic heterocycles. The van der Waals surface area contributed by atoms with E-state index in [2.05, 4.69) is 15.5 Å². The van der Waals surface area contributed by atoms with Gasteiger partial charge in [-0.2, -0.15) is 0 Å². The molecule has 134 valence electrons. The van der Waals surface area contributed by atoms with Gasteiger partial charge in [0.2, 0.25) is 11.8 Å². The second kappa shape index (κ2) is 5.72. The van der Waals surface area contributed by atoms with Crippen LogP contribution in [0.3, 0.4) is 0 Å². The Bertz CT molecular complexity index is 683. The van der Waals surface area contributed by atoms with Gasteiger partial charge in [-0.3, -0.25) is 9.69 Å². The third-order valence-corrected chi connectivity index (χ3v) is 7.18. The van der Waals surface area contributed by atoms with Crippen LogP contribution in [0.25, 0.3) is 0 Å². The number of carbonyl (C=O) groups is 2. The first-order valence-electron chi connectivity index (χ1n) is 9.16. The first-order valence-corrected chi connectivity index (χ1v) is 10.1. The van der Waals surface area contributed by atoms with Crippen LogP contribution in [0, 0.1) is 17.8 Å². The van der Waals surface area contributed by atoms with Crippen molar-refractivity contribution in [3.63, 3.8) is 0 Å². The van der Waals surface area contributed by atoms with Crippen molar-refractivity contribution in [3.8, 4) is 0 Å². The second-order valence-electron chi connectivity index (χ2n) is 8.14. The molecule has 6 rings (SSSR count). The fourth-order valence-corrected chi connectivity index (χ4v) is 6.41. The standard InChI is InChI=1S/C17H22N4O3S/c22-13(21-2-1-18-15(21)23)9-25-16-20-19-14(24-16)17-6-10-3-11(7-17)5-12(4-10)8-17/h10-12H,1-9H2,(H,18,23). The highest BCUT2D eigenvalue weighted by molar-refractivity contribution is 7.99. The van der Waals surface area contributed by atoms with Crippen molar-refractivity contribution in [1.29, 1.82) is 0 Å². The lowest BCUT2D eigenvalue weighted by Gasteiger charge is -2.55. The molecule has 0 spiro atoms. The van der Waals surface area contributed by atoms with Gasteiger partial charge in [0.1, 0.15) is 0 Å². The van der Waals surface area contributed by atoms with Gasteiger partial charge >= 0.3 is 6.03 Å². The molecule has 3 amide bonds. The van der Waals surface area contributed by atoms with Crippen molar-refractivity contribution >= 4 is 23.7 Å². The number of carbonyl (C=O) groups excluding carboxylic acids is 2. The Morgan fingerprint density at radius 3 is 2.48 bits per heavy atom. The predicted molar refractivity (Wildman–Crippen MR) is 90.0 cm³/mol. The van der Waals surface area contributed by atoms with E-state index in [4.69, 9.17) is 4.42 Å². The molecule has 1 saturated heterocycles. The van der Waals surface area contributed by atoms with Crippen molar-refractivity contribution < 1.29 is 14.0 Å². The topological polar surface area (TPSA) is 88.3 Å².